The SMILES string of the molecule is CCC1CCCO1.CCC1OCCO1. The van der Waals surface area contributed by atoms with E-state index < -0.39 is 0 Å². The predicted molar refractivity (Wildman–Crippen MR) is 55.2 cm³/mol. The molecule has 0 saturated carbocycles. The van der Waals surface area contributed by atoms with Crippen LogP contribution in [-0.2, 0) is 14.2 Å². The Kier molecular flexibility index (Phi) is 6.15. The fraction of sp³-hybridized carbons (Fsp3) is 1.00. The molecule has 0 N–H and O–H groups in total. The van der Waals surface area contributed by atoms with E-state index in [1.54, 1.807) is 0 Å². The van der Waals surface area contributed by atoms with E-state index in [-0.39, 0.29) is 6.29 Å². The molecule has 0 aromatic heterocycles. The van der Waals surface area contributed by atoms with Gasteiger partial charge in [0.2, 0.25) is 0 Å². The van der Waals surface area contributed by atoms with Gasteiger partial charge >= 0.3 is 0 Å². The van der Waals surface area contributed by atoms with Crippen molar-refractivity contribution in [2.45, 2.75) is 51.9 Å². The third-order valence-electron chi connectivity index (χ3n) is 2.50. The van der Waals surface area contributed by atoms with Gasteiger partial charge in [0.05, 0.1) is 19.3 Å². The zero-order chi connectivity index (χ0) is 10.2. The molecule has 0 aromatic rings. The molecule has 0 radical (unpaired) electrons. The maximum atomic E-state index is 5.30. The third-order valence-corrected chi connectivity index (χ3v) is 2.50. The summed E-state index contributed by atoms with van der Waals surface area (Å²) >= 11 is 0. The van der Waals surface area contributed by atoms with Crippen molar-refractivity contribution in [2.24, 2.45) is 0 Å². The summed E-state index contributed by atoms with van der Waals surface area (Å²) < 4.78 is 15.5. The number of hydrogen-bond acceptors (Lipinski definition) is 3. The zero-order valence-electron chi connectivity index (χ0n) is 9.33. The molecule has 0 aliphatic carbocycles. The van der Waals surface area contributed by atoms with E-state index in [1.807, 2.05) is 0 Å². The first-order valence-electron chi connectivity index (χ1n) is 5.71. The first kappa shape index (κ1) is 12.0. The van der Waals surface area contributed by atoms with Crippen molar-refractivity contribution in [3.8, 4) is 0 Å². The van der Waals surface area contributed by atoms with Crippen LogP contribution in [0.3, 0.4) is 0 Å². The smallest absolute Gasteiger partial charge is 0.157 e. The summed E-state index contributed by atoms with van der Waals surface area (Å²) in [6.45, 7) is 6.78. The zero-order valence-corrected chi connectivity index (χ0v) is 9.33. The molecule has 2 rings (SSSR count). The lowest BCUT2D eigenvalue weighted by molar-refractivity contribution is -0.0430. The van der Waals surface area contributed by atoms with Crippen molar-refractivity contribution in [1.29, 1.82) is 0 Å². The lowest BCUT2D eigenvalue weighted by Crippen LogP contribution is -2.03. The van der Waals surface area contributed by atoms with Gasteiger partial charge in [-0.1, -0.05) is 13.8 Å². The molecule has 2 saturated heterocycles. The van der Waals surface area contributed by atoms with Crippen LogP contribution in [-0.4, -0.2) is 32.2 Å². The van der Waals surface area contributed by atoms with E-state index in [0.29, 0.717) is 6.10 Å². The minimum Gasteiger partial charge on any atom is -0.378 e. The van der Waals surface area contributed by atoms with Crippen LogP contribution in [0.2, 0.25) is 0 Å². The van der Waals surface area contributed by atoms with Crippen LogP contribution in [0.1, 0.15) is 39.5 Å². The standard InChI is InChI=1S/C6H12O.C5H10O2/c1-2-6-4-3-5-7-6;1-2-5-6-3-4-7-5/h6H,2-5H2,1H3;5H,2-4H2,1H3. The average molecular weight is 202 g/mol. The van der Waals surface area contributed by atoms with Crippen LogP contribution >= 0.6 is 0 Å². The highest BCUT2D eigenvalue weighted by Gasteiger charge is 2.12. The van der Waals surface area contributed by atoms with Gasteiger partial charge in [0.15, 0.2) is 6.29 Å². The van der Waals surface area contributed by atoms with Gasteiger partial charge in [-0.05, 0) is 25.7 Å². The quantitative estimate of drug-likeness (QED) is 0.688. The fourth-order valence-electron chi connectivity index (χ4n) is 1.61. The molecule has 2 heterocycles. The van der Waals surface area contributed by atoms with Crippen molar-refractivity contribution in [3.63, 3.8) is 0 Å². The topological polar surface area (TPSA) is 27.7 Å². The Labute approximate surface area is 86.7 Å². The van der Waals surface area contributed by atoms with Crippen LogP contribution in [0.5, 0.6) is 0 Å². The molecule has 3 nitrogen and oxygen atoms in total. The summed E-state index contributed by atoms with van der Waals surface area (Å²) in [6, 6.07) is 0. The molecule has 1 atom stereocenters. The summed E-state index contributed by atoms with van der Waals surface area (Å²) in [5, 5.41) is 0. The van der Waals surface area contributed by atoms with Crippen LogP contribution in [0.15, 0.2) is 0 Å². The van der Waals surface area contributed by atoms with Crippen LogP contribution in [0.4, 0.5) is 0 Å². The maximum absolute atomic E-state index is 5.30. The van der Waals surface area contributed by atoms with Gasteiger partial charge in [0.1, 0.15) is 0 Å². The van der Waals surface area contributed by atoms with Crippen molar-refractivity contribution >= 4 is 0 Å². The monoisotopic (exact) mass is 202 g/mol. The van der Waals surface area contributed by atoms with Crippen LogP contribution < -0.4 is 0 Å². The Bertz CT molecular complexity index is 110. The van der Waals surface area contributed by atoms with E-state index >= 15 is 0 Å². The van der Waals surface area contributed by atoms with Crippen molar-refractivity contribution in [3.05, 3.63) is 0 Å². The van der Waals surface area contributed by atoms with Gasteiger partial charge in [0, 0.05) is 6.61 Å². The van der Waals surface area contributed by atoms with Gasteiger partial charge in [0.25, 0.3) is 0 Å². The first-order valence-corrected chi connectivity index (χ1v) is 5.71. The summed E-state index contributed by atoms with van der Waals surface area (Å²) in [5.74, 6) is 0. The largest absolute Gasteiger partial charge is 0.378 e. The molecule has 2 aliphatic heterocycles. The molecule has 14 heavy (non-hydrogen) atoms. The fourth-order valence-corrected chi connectivity index (χ4v) is 1.61. The Morgan fingerprint density at radius 1 is 0.929 bits per heavy atom. The van der Waals surface area contributed by atoms with E-state index in [2.05, 4.69) is 13.8 Å². The molecule has 3 heteroatoms. The van der Waals surface area contributed by atoms with Crippen LogP contribution in [0.25, 0.3) is 0 Å². The molecule has 0 bridgehead atoms. The van der Waals surface area contributed by atoms with Gasteiger partial charge in [-0.15, -0.1) is 0 Å². The number of hydrogen-bond donors (Lipinski definition) is 0. The normalized spacial score (nSPS) is 27.4. The summed E-state index contributed by atoms with van der Waals surface area (Å²) in [6.07, 6.45) is 5.43. The second-order valence-corrected chi connectivity index (χ2v) is 3.62. The minimum atomic E-state index is 0.0972. The molecule has 0 amide bonds. The molecule has 0 aromatic carbocycles. The van der Waals surface area contributed by atoms with Gasteiger partial charge in [-0.2, -0.15) is 0 Å². The van der Waals surface area contributed by atoms with Crippen molar-refractivity contribution < 1.29 is 14.2 Å². The highest BCUT2D eigenvalue weighted by molar-refractivity contribution is 4.60. The molecular weight excluding hydrogens is 180 g/mol. The van der Waals surface area contributed by atoms with E-state index in [1.165, 1.54) is 19.3 Å². The highest BCUT2D eigenvalue weighted by atomic mass is 16.7. The number of ether oxygens (including phenoxy) is 3. The summed E-state index contributed by atoms with van der Waals surface area (Å²) in [5.41, 5.74) is 0. The second-order valence-electron chi connectivity index (χ2n) is 3.62. The molecule has 84 valence electrons. The van der Waals surface area contributed by atoms with Gasteiger partial charge in [-0.25, -0.2) is 0 Å². The van der Waals surface area contributed by atoms with Crippen LogP contribution in [0, 0.1) is 0 Å². The molecule has 1 unspecified atom stereocenters. The van der Waals surface area contributed by atoms with E-state index in [0.717, 1.165) is 26.2 Å². The summed E-state index contributed by atoms with van der Waals surface area (Å²) in [7, 11) is 0. The average Bonchev–Trinajstić information content (AvgIpc) is 2.92. The molecule has 0 spiro atoms. The van der Waals surface area contributed by atoms with Gasteiger partial charge < -0.3 is 14.2 Å². The Balaban J connectivity index is 0.000000140. The Morgan fingerprint density at radius 3 is 1.93 bits per heavy atom. The minimum absolute atomic E-state index is 0.0972. The van der Waals surface area contributed by atoms with Gasteiger partial charge in [-0.3, -0.25) is 0 Å². The Hall–Kier alpha value is -0.120. The maximum Gasteiger partial charge on any atom is 0.157 e. The van der Waals surface area contributed by atoms with Crippen molar-refractivity contribution in [1.82, 2.24) is 0 Å². The molecular formula is C11H22O3. The molecule has 2 fully saturated rings. The second kappa shape index (κ2) is 7.21. The third kappa shape index (κ3) is 4.40. The highest BCUT2D eigenvalue weighted by Crippen LogP contribution is 2.13. The summed E-state index contributed by atoms with van der Waals surface area (Å²) in [4.78, 5) is 0. The lowest BCUT2D eigenvalue weighted by atomic mass is 10.2. The first-order chi connectivity index (χ1) is 6.86. The Morgan fingerprint density at radius 2 is 1.64 bits per heavy atom. The lowest BCUT2D eigenvalue weighted by Gasteiger charge is -2.01. The number of rotatable bonds is 2. The molecule has 2 aliphatic rings. The van der Waals surface area contributed by atoms with E-state index in [9.17, 15) is 0 Å². The predicted octanol–water partition coefficient (Wildman–Crippen LogP) is 2.34. The van der Waals surface area contributed by atoms with E-state index in [4.69, 9.17) is 14.2 Å². The van der Waals surface area contributed by atoms with Crippen molar-refractivity contribution in [2.75, 3.05) is 19.8 Å².